The molecule has 0 saturated carbocycles. The van der Waals surface area contributed by atoms with Crippen LogP contribution in [-0.2, 0) is 0 Å². The molecule has 0 aliphatic rings. The molecule has 16 heteroatoms. The fourth-order valence-corrected chi connectivity index (χ4v) is 0.821. The molecule has 102 valence electrons. The Labute approximate surface area is 98.5 Å². The lowest BCUT2D eigenvalue weighted by molar-refractivity contribution is -1.12. The molecule has 0 fully saturated rings. The van der Waals surface area contributed by atoms with E-state index >= 15 is 0 Å². The summed E-state index contributed by atoms with van der Waals surface area (Å²) >= 11 is 0. The van der Waals surface area contributed by atoms with E-state index in [4.69, 9.17) is 0 Å². The van der Waals surface area contributed by atoms with Crippen molar-refractivity contribution in [1.82, 2.24) is 10.3 Å². The predicted molar refractivity (Wildman–Crippen MR) is 46.6 cm³/mol. The Bertz CT molecular complexity index is 588. The predicted octanol–water partition coefficient (Wildman–Crippen LogP) is -1.60. The van der Waals surface area contributed by atoms with Crippen LogP contribution < -0.4 is 5.56 Å². The Morgan fingerprint density at radius 1 is 1.11 bits per heavy atom. The molecule has 0 amide bonds. The monoisotopic (exact) mass is 279 g/mol. The van der Waals surface area contributed by atoms with E-state index in [2.05, 4.69) is 14.9 Å². The van der Waals surface area contributed by atoms with Gasteiger partial charge >= 0.3 is 17.3 Å². The molecule has 0 aromatic carbocycles. The molecule has 1 rings (SSSR count). The summed E-state index contributed by atoms with van der Waals surface area (Å²) in [4.78, 5) is 34.4. The molecule has 0 bridgehead atoms. The van der Waals surface area contributed by atoms with Gasteiger partial charge in [-0.15, -0.1) is 0 Å². The zero-order chi connectivity index (χ0) is 14.8. The van der Waals surface area contributed by atoms with Crippen molar-refractivity contribution in [3.8, 4) is 0 Å². The molecule has 0 saturated heterocycles. The van der Waals surface area contributed by atoms with Crippen LogP contribution in [0.5, 0.6) is 0 Å². The third-order valence-corrected chi connectivity index (χ3v) is 1.65. The summed E-state index contributed by atoms with van der Waals surface area (Å²) in [6, 6.07) is 0. The second kappa shape index (κ2) is 4.43. The highest BCUT2D eigenvalue weighted by Gasteiger charge is 2.84. The zero-order valence-electron chi connectivity index (χ0n) is 8.36. The number of nitro groups is 3. The van der Waals surface area contributed by atoms with Gasteiger partial charge in [0, 0.05) is 0 Å². The lowest BCUT2D eigenvalue weighted by Gasteiger charge is -2.03. The molecule has 0 aliphatic heterocycles. The third-order valence-electron chi connectivity index (χ3n) is 1.65. The highest BCUT2D eigenvalue weighted by molar-refractivity contribution is 5.15. The van der Waals surface area contributed by atoms with Gasteiger partial charge in [0.05, 0.1) is 5.11 Å². The van der Waals surface area contributed by atoms with Gasteiger partial charge in [-0.05, 0) is 5.16 Å². The second-order valence-electron chi connectivity index (χ2n) is 2.68. The van der Waals surface area contributed by atoms with E-state index in [-0.39, 0.29) is 0 Å². The molecule has 1 aromatic rings. The number of hydrogen-bond donors (Lipinski definition) is 1. The van der Waals surface area contributed by atoms with Crippen molar-refractivity contribution in [2.24, 2.45) is 5.11 Å². The first-order chi connectivity index (χ1) is 8.74. The maximum atomic E-state index is 11.2. The Morgan fingerprint density at radius 3 is 1.89 bits per heavy atom. The molecule has 1 aromatic heterocycles. The van der Waals surface area contributed by atoms with Gasteiger partial charge in [0.2, 0.25) is 0 Å². The fourth-order valence-electron chi connectivity index (χ4n) is 0.821. The topological polar surface area (TPSA) is 227 Å². The molecule has 1 N–H and O–H groups in total. The molecule has 1 heterocycles. The normalized spacial score (nSPS) is 12.1. The number of azo groups is 1. The average molecular weight is 279 g/mol. The number of aromatic nitrogens is 2. The van der Waals surface area contributed by atoms with E-state index in [0.29, 0.717) is 0 Å². The van der Waals surface area contributed by atoms with E-state index in [1.807, 2.05) is 0 Å². The van der Waals surface area contributed by atoms with Gasteiger partial charge in [0.25, 0.3) is 14.8 Å². The minimum atomic E-state index is -4.54. The number of hydroxylamine groups is 1. The van der Waals surface area contributed by atoms with Crippen LogP contribution in [-0.4, -0.2) is 35.9 Å². The molecular formula is C3HN7O9. The van der Waals surface area contributed by atoms with Gasteiger partial charge in [-0.1, -0.05) is 0 Å². The molecule has 19 heavy (non-hydrogen) atoms. The van der Waals surface area contributed by atoms with Crippen molar-refractivity contribution in [2.45, 2.75) is 5.91 Å². The quantitative estimate of drug-likeness (QED) is 0.213. The Kier molecular flexibility index (Phi) is 3.17. The van der Waals surface area contributed by atoms with Crippen LogP contribution in [0.1, 0.15) is 0 Å². The molecule has 0 spiro atoms. The van der Waals surface area contributed by atoms with Gasteiger partial charge in [0.15, 0.2) is 0 Å². The summed E-state index contributed by atoms with van der Waals surface area (Å²) in [7, 11) is 0. The van der Waals surface area contributed by atoms with Crippen LogP contribution in [0.15, 0.2) is 14.5 Å². The maximum Gasteiger partial charge on any atom is 0.937 e. The van der Waals surface area contributed by atoms with Gasteiger partial charge in [0.1, 0.15) is 4.86 Å². The van der Waals surface area contributed by atoms with Crippen molar-refractivity contribution < 1.29 is 24.3 Å². The average Bonchev–Trinajstić information content (AvgIpc) is 2.63. The second-order valence-corrected chi connectivity index (χ2v) is 2.68. The highest BCUT2D eigenvalue weighted by atomic mass is 16.8. The zero-order valence-corrected chi connectivity index (χ0v) is 8.36. The number of hydrogen-bond acceptors (Lipinski definition) is 11. The van der Waals surface area contributed by atoms with E-state index in [9.17, 15) is 40.3 Å². The SMILES string of the molecule is O=c1[nH]onc1N=[N+]([O-])C([N+](=O)[O-])([N+](=O)[O-])[N+](=O)[O-]. The standard InChI is InChI=1S/C3HN7O9/c11-2-1(5-19-6-2)4-7(12)3(8(13)14,9(15)16)10(17)18/h(H,6,11). The van der Waals surface area contributed by atoms with Crippen LogP contribution in [0.4, 0.5) is 5.82 Å². The summed E-state index contributed by atoms with van der Waals surface area (Å²) in [5.41, 5.74) is -1.27. The molecular weight excluding hydrogens is 278 g/mol. The number of rotatable bonds is 5. The summed E-state index contributed by atoms with van der Waals surface area (Å²) in [5, 5.41) is 49.2. The van der Waals surface area contributed by atoms with E-state index in [0.717, 1.165) is 0 Å². The first-order valence-corrected chi connectivity index (χ1v) is 3.91. The van der Waals surface area contributed by atoms with Crippen molar-refractivity contribution in [3.63, 3.8) is 0 Å². The minimum absolute atomic E-state index is 1.16. The molecule has 0 unspecified atom stereocenters. The number of nitrogens with one attached hydrogen (secondary N) is 1. The largest absolute Gasteiger partial charge is 0.937 e. The minimum Gasteiger partial charge on any atom is -0.582 e. The smallest absolute Gasteiger partial charge is 0.582 e. The molecule has 0 atom stereocenters. The third kappa shape index (κ3) is 1.92. The lowest BCUT2D eigenvalue weighted by Crippen LogP contribution is -2.59. The van der Waals surface area contributed by atoms with Gasteiger partial charge in [-0.25, -0.2) is 30.3 Å². The maximum absolute atomic E-state index is 11.2. The van der Waals surface area contributed by atoms with Crippen LogP contribution in [0.25, 0.3) is 0 Å². The fraction of sp³-hybridized carbons (Fsp3) is 0.333. The Morgan fingerprint density at radius 2 is 1.58 bits per heavy atom. The Hall–Kier alpha value is -3.46. The summed E-state index contributed by atoms with van der Waals surface area (Å²) < 4.78 is 3.88. The number of aromatic amines is 1. The Balaban J connectivity index is 3.51. The van der Waals surface area contributed by atoms with Crippen molar-refractivity contribution in [3.05, 3.63) is 45.9 Å². The van der Waals surface area contributed by atoms with Crippen LogP contribution in [0.2, 0.25) is 0 Å². The molecule has 16 nitrogen and oxygen atoms in total. The van der Waals surface area contributed by atoms with Crippen LogP contribution >= 0.6 is 0 Å². The molecule has 0 radical (unpaired) electrons. The van der Waals surface area contributed by atoms with Crippen molar-refractivity contribution in [1.29, 1.82) is 0 Å². The lowest BCUT2D eigenvalue weighted by atomic mass is 10.7. The van der Waals surface area contributed by atoms with Crippen LogP contribution in [0, 0.1) is 35.6 Å². The first kappa shape index (κ1) is 13.6. The van der Waals surface area contributed by atoms with E-state index < -0.39 is 36.9 Å². The molecule has 0 aliphatic carbocycles. The number of nitrogens with zero attached hydrogens (tertiary/aromatic N) is 6. The van der Waals surface area contributed by atoms with Crippen molar-refractivity contribution >= 4 is 5.82 Å². The van der Waals surface area contributed by atoms with Gasteiger partial charge < -0.3 is 5.21 Å². The van der Waals surface area contributed by atoms with E-state index in [1.54, 1.807) is 0 Å². The highest BCUT2D eigenvalue weighted by Crippen LogP contribution is 2.15. The first-order valence-electron chi connectivity index (χ1n) is 3.91. The summed E-state index contributed by atoms with van der Waals surface area (Å²) in [6.07, 6.45) is 0. The van der Waals surface area contributed by atoms with Crippen LogP contribution in [0.3, 0.4) is 0 Å². The summed E-state index contributed by atoms with van der Waals surface area (Å²) in [6.45, 7) is 0. The number of H-pyrrole nitrogens is 1. The van der Waals surface area contributed by atoms with Gasteiger partial charge in [-0.3, -0.25) is 9.42 Å². The van der Waals surface area contributed by atoms with Gasteiger partial charge in [-0.2, -0.15) is 5.16 Å². The van der Waals surface area contributed by atoms with E-state index in [1.165, 1.54) is 5.16 Å². The van der Waals surface area contributed by atoms with Crippen molar-refractivity contribution in [2.75, 3.05) is 0 Å². The summed E-state index contributed by atoms with van der Waals surface area (Å²) in [5.74, 6) is -5.70.